The fourth-order valence-electron chi connectivity index (χ4n) is 1.52. The molecule has 1 heterocycles. The summed E-state index contributed by atoms with van der Waals surface area (Å²) >= 11 is 0. The Kier molecular flexibility index (Phi) is 1.96. The third-order valence-electron chi connectivity index (χ3n) is 2.23. The van der Waals surface area contributed by atoms with Gasteiger partial charge in [-0.2, -0.15) is 0 Å². The van der Waals surface area contributed by atoms with Crippen molar-refractivity contribution in [3.05, 3.63) is 30.3 Å². The molecule has 0 bridgehead atoms. The van der Waals surface area contributed by atoms with E-state index in [0.29, 0.717) is 0 Å². The van der Waals surface area contributed by atoms with Crippen LogP contribution < -0.4 is 0 Å². The minimum Gasteiger partial charge on any atom is -0.359 e. The molecule has 1 aromatic carbocycles. The van der Waals surface area contributed by atoms with Gasteiger partial charge < -0.3 is 4.23 Å². The topological polar surface area (TPSA) is 17.8 Å². The summed E-state index contributed by atoms with van der Waals surface area (Å²) in [7, 11) is -1.43. The number of aromatic nitrogens is 2. The zero-order valence-electron chi connectivity index (χ0n) is 8.58. The summed E-state index contributed by atoms with van der Waals surface area (Å²) in [6.45, 7) is 6.70. The van der Waals surface area contributed by atoms with Gasteiger partial charge in [0.1, 0.15) is 5.82 Å². The van der Waals surface area contributed by atoms with E-state index >= 15 is 0 Å². The van der Waals surface area contributed by atoms with Gasteiger partial charge in [0, 0.05) is 6.07 Å². The van der Waals surface area contributed by atoms with Gasteiger partial charge in [-0.25, -0.2) is 9.37 Å². The van der Waals surface area contributed by atoms with Crippen LogP contribution in [0.3, 0.4) is 0 Å². The first-order valence-electron chi connectivity index (χ1n) is 4.61. The van der Waals surface area contributed by atoms with Crippen LogP contribution in [0.2, 0.25) is 19.6 Å². The molecule has 1 aromatic heterocycles. The predicted octanol–water partition coefficient (Wildman–Crippen LogP) is 2.86. The van der Waals surface area contributed by atoms with Gasteiger partial charge in [-0.05, 0) is 12.1 Å². The molecule has 2 aromatic rings. The van der Waals surface area contributed by atoms with E-state index in [4.69, 9.17) is 0 Å². The third kappa shape index (κ3) is 1.46. The molecular formula is C10H13FN2Si. The van der Waals surface area contributed by atoms with E-state index < -0.39 is 8.24 Å². The summed E-state index contributed by atoms with van der Waals surface area (Å²) in [4.78, 5) is 4.20. The number of rotatable bonds is 1. The molecule has 0 aliphatic rings. The van der Waals surface area contributed by atoms with Crippen LogP contribution in [0.25, 0.3) is 11.0 Å². The molecule has 74 valence electrons. The van der Waals surface area contributed by atoms with Gasteiger partial charge in [0.15, 0.2) is 8.24 Å². The van der Waals surface area contributed by atoms with E-state index in [1.165, 1.54) is 12.1 Å². The normalized spacial score (nSPS) is 12.3. The molecule has 0 aliphatic carbocycles. The quantitative estimate of drug-likeness (QED) is 0.659. The largest absolute Gasteiger partial charge is 0.359 e. The molecule has 0 amide bonds. The molecule has 0 aliphatic heterocycles. The standard InChI is InChI=1S/C10H13FN2Si/c1-14(2,3)13-7-12-9-6-8(11)4-5-10(9)13/h4-7H,1-3H3. The Hall–Kier alpha value is -1.16. The molecule has 0 saturated carbocycles. The lowest BCUT2D eigenvalue weighted by molar-refractivity contribution is 0.629. The molecule has 2 nitrogen and oxygen atoms in total. The molecule has 0 unspecified atom stereocenters. The number of hydrogen-bond acceptors (Lipinski definition) is 1. The molecule has 0 atom stereocenters. The van der Waals surface area contributed by atoms with Crippen molar-refractivity contribution < 1.29 is 4.39 Å². The Morgan fingerprint density at radius 3 is 2.64 bits per heavy atom. The van der Waals surface area contributed by atoms with E-state index in [0.717, 1.165) is 11.0 Å². The average Bonchev–Trinajstić information content (AvgIpc) is 2.45. The summed E-state index contributed by atoms with van der Waals surface area (Å²) in [5, 5.41) is 0. The molecule has 0 fully saturated rings. The minimum absolute atomic E-state index is 0.224. The van der Waals surface area contributed by atoms with E-state index in [1.807, 2.05) is 6.33 Å². The van der Waals surface area contributed by atoms with Crippen molar-refractivity contribution in [2.45, 2.75) is 19.6 Å². The van der Waals surface area contributed by atoms with E-state index in [-0.39, 0.29) is 5.82 Å². The molecule has 0 saturated heterocycles. The molecule has 2 rings (SSSR count). The Balaban J connectivity index is 2.70. The maximum absolute atomic E-state index is 12.9. The van der Waals surface area contributed by atoms with Crippen molar-refractivity contribution in [3.63, 3.8) is 0 Å². The Morgan fingerprint density at radius 2 is 2.00 bits per heavy atom. The van der Waals surface area contributed by atoms with Crippen LogP contribution in [0, 0.1) is 5.82 Å². The first-order valence-corrected chi connectivity index (χ1v) is 8.06. The second-order valence-electron chi connectivity index (χ2n) is 4.42. The summed E-state index contributed by atoms with van der Waals surface area (Å²) in [5.41, 5.74) is 1.78. The molecular weight excluding hydrogens is 195 g/mol. The lowest BCUT2D eigenvalue weighted by Gasteiger charge is -2.18. The van der Waals surface area contributed by atoms with Crippen molar-refractivity contribution in [1.29, 1.82) is 0 Å². The van der Waals surface area contributed by atoms with Gasteiger partial charge in [-0.15, -0.1) is 0 Å². The number of imidazole rings is 1. The number of hydrogen-bond donors (Lipinski definition) is 0. The Morgan fingerprint density at radius 1 is 1.29 bits per heavy atom. The first-order chi connectivity index (χ1) is 6.48. The fraction of sp³-hybridized carbons (Fsp3) is 0.300. The van der Waals surface area contributed by atoms with Crippen molar-refractivity contribution in [2.24, 2.45) is 0 Å². The highest BCUT2D eigenvalue weighted by molar-refractivity contribution is 6.75. The van der Waals surface area contributed by atoms with Crippen molar-refractivity contribution >= 4 is 19.3 Å². The van der Waals surface area contributed by atoms with Gasteiger partial charge in [0.05, 0.1) is 17.4 Å². The van der Waals surface area contributed by atoms with Crippen molar-refractivity contribution in [2.75, 3.05) is 0 Å². The van der Waals surface area contributed by atoms with Crippen LogP contribution in [-0.4, -0.2) is 17.5 Å². The average molecular weight is 208 g/mol. The fourth-order valence-corrected chi connectivity index (χ4v) is 2.84. The van der Waals surface area contributed by atoms with Crippen LogP contribution in [0.5, 0.6) is 0 Å². The lowest BCUT2D eigenvalue weighted by Crippen LogP contribution is -2.30. The monoisotopic (exact) mass is 208 g/mol. The molecule has 4 heteroatoms. The van der Waals surface area contributed by atoms with Gasteiger partial charge in [0.2, 0.25) is 0 Å². The van der Waals surface area contributed by atoms with Crippen LogP contribution >= 0.6 is 0 Å². The third-order valence-corrected chi connectivity index (χ3v) is 4.03. The first kappa shape index (κ1) is 9.39. The Labute approximate surface area is 83.5 Å². The van der Waals surface area contributed by atoms with Crippen LogP contribution in [0.4, 0.5) is 4.39 Å². The second kappa shape index (κ2) is 2.92. The van der Waals surface area contributed by atoms with Gasteiger partial charge >= 0.3 is 0 Å². The van der Waals surface area contributed by atoms with Gasteiger partial charge in [-0.1, -0.05) is 19.6 Å². The highest BCUT2D eigenvalue weighted by Gasteiger charge is 2.18. The SMILES string of the molecule is C[Si](C)(C)n1cnc2cc(F)ccc21. The summed E-state index contributed by atoms with van der Waals surface area (Å²) in [6.07, 6.45) is 1.82. The van der Waals surface area contributed by atoms with Crippen LogP contribution in [-0.2, 0) is 0 Å². The molecule has 14 heavy (non-hydrogen) atoms. The maximum Gasteiger partial charge on any atom is 0.154 e. The van der Waals surface area contributed by atoms with Crippen LogP contribution in [0.1, 0.15) is 0 Å². The molecule has 0 N–H and O–H groups in total. The Bertz CT molecular complexity index is 470. The number of halogens is 1. The zero-order chi connectivity index (χ0) is 10.3. The predicted molar refractivity (Wildman–Crippen MR) is 58.4 cm³/mol. The van der Waals surface area contributed by atoms with Crippen molar-refractivity contribution in [3.8, 4) is 0 Å². The highest BCUT2D eigenvalue weighted by atomic mass is 28.3. The summed E-state index contributed by atoms with van der Waals surface area (Å²) in [5.74, 6) is -0.224. The highest BCUT2D eigenvalue weighted by Crippen LogP contribution is 2.18. The van der Waals surface area contributed by atoms with E-state index in [9.17, 15) is 4.39 Å². The van der Waals surface area contributed by atoms with Gasteiger partial charge in [-0.3, -0.25) is 0 Å². The van der Waals surface area contributed by atoms with E-state index in [1.54, 1.807) is 6.07 Å². The van der Waals surface area contributed by atoms with Gasteiger partial charge in [0.25, 0.3) is 0 Å². The van der Waals surface area contributed by atoms with E-state index in [2.05, 4.69) is 28.9 Å². The van der Waals surface area contributed by atoms with Crippen molar-refractivity contribution in [1.82, 2.24) is 9.22 Å². The lowest BCUT2D eigenvalue weighted by atomic mass is 10.3. The number of fused-ring (bicyclic) bond motifs is 1. The molecule has 0 spiro atoms. The molecule has 0 radical (unpaired) electrons. The maximum atomic E-state index is 12.9. The minimum atomic E-state index is -1.43. The summed E-state index contributed by atoms with van der Waals surface area (Å²) in [6, 6.07) is 4.77. The second-order valence-corrected chi connectivity index (χ2v) is 9.24. The number of benzene rings is 1. The smallest absolute Gasteiger partial charge is 0.154 e. The van der Waals surface area contributed by atoms with Crippen LogP contribution in [0.15, 0.2) is 24.5 Å². The zero-order valence-corrected chi connectivity index (χ0v) is 9.58. The summed E-state index contributed by atoms with van der Waals surface area (Å²) < 4.78 is 15.1. The number of nitrogens with zero attached hydrogens (tertiary/aromatic N) is 2.